The zero-order valence-corrected chi connectivity index (χ0v) is 17.0. The summed E-state index contributed by atoms with van der Waals surface area (Å²) in [5.41, 5.74) is 2.37. The molecule has 5 rings (SSSR count). The fourth-order valence-corrected chi connectivity index (χ4v) is 5.52. The molecule has 0 aromatic carbocycles. The van der Waals surface area contributed by atoms with Crippen LogP contribution in [0.15, 0.2) is 42.7 Å². The minimum Gasteiger partial charge on any atom is -0.376 e. The van der Waals surface area contributed by atoms with Crippen molar-refractivity contribution >= 4 is 17.3 Å². The van der Waals surface area contributed by atoms with E-state index in [2.05, 4.69) is 50.2 Å². The van der Waals surface area contributed by atoms with Crippen LogP contribution in [0.2, 0.25) is 0 Å². The zero-order valence-electron chi connectivity index (χ0n) is 16.2. The van der Waals surface area contributed by atoms with Crippen LogP contribution in [0.1, 0.15) is 62.0 Å². The molecular formula is C22H28N4OS. The van der Waals surface area contributed by atoms with Crippen molar-refractivity contribution in [3.05, 3.63) is 54.1 Å². The van der Waals surface area contributed by atoms with Gasteiger partial charge in [0.2, 0.25) is 0 Å². The second-order valence-corrected chi connectivity index (χ2v) is 8.58. The molecule has 1 saturated carbocycles. The van der Waals surface area contributed by atoms with Crippen molar-refractivity contribution in [2.75, 3.05) is 6.61 Å². The van der Waals surface area contributed by atoms with Crippen LogP contribution >= 0.6 is 12.2 Å². The predicted molar refractivity (Wildman–Crippen MR) is 113 cm³/mol. The molecule has 3 fully saturated rings. The van der Waals surface area contributed by atoms with Crippen molar-refractivity contribution < 1.29 is 4.74 Å². The summed E-state index contributed by atoms with van der Waals surface area (Å²) < 4.78 is 8.30. The maximum absolute atomic E-state index is 5.91. The van der Waals surface area contributed by atoms with E-state index in [-0.39, 0.29) is 12.1 Å². The van der Waals surface area contributed by atoms with Crippen LogP contribution in [0.3, 0.4) is 0 Å². The molecule has 4 heterocycles. The Balaban J connectivity index is 1.52. The molecule has 5 nitrogen and oxygen atoms in total. The first-order valence-corrected chi connectivity index (χ1v) is 11.0. The Hall–Kier alpha value is -1.92. The summed E-state index contributed by atoms with van der Waals surface area (Å²) in [6.45, 7) is 1.81. The SMILES string of the molecule is S=C1NC(c2ccccn2)C(c2cccn2CC2CCCO2)N1C1CCCC1. The van der Waals surface area contributed by atoms with Gasteiger partial charge in [-0.05, 0) is 62.2 Å². The van der Waals surface area contributed by atoms with Gasteiger partial charge in [0.05, 0.1) is 23.9 Å². The molecule has 6 heteroatoms. The summed E-state index contributed by atoms with van der Waals surface area (Å²) >= 11 is 5.85. The van der Waals surface area contributed by atoms with Gasteiger partial charge < -0.3 is 19.5 Å². The van der Waals surface area contributed by atoms with E-state index in [1.807, 2.05) is 12.3 Å². The van der Waals surface area contributed by atoms with E-state index in [0.717, 1.165) is 30.4 Å². The maximum Gasteiger partial charge on any atom is 0.170 e. The summed E-state index contributed by atoms with van der Waals surface area (Å²) in [6, 6.07) is 11.3. The molecule has 28 heavy (non-hydrogen) atoms. The Morgan fingerprint density at radius 1 is 1.11 bits per heavy atom. The third kappa shape index (κ3) is 3.33. The van der Waals surface area contributed by atoms with Crippen LogP contribution in [-0.4, -0.2) is 38.3 Å². The zero-order chi connectivity index (χ0) is 18.9. The van der Waals surface area contributed by atoms with Crippen LogP contribution in [0.25, 0.3) is 0 Å². The molecule has 2 saturated heterocycles. The first-order valence-electron chi connectivity index (χ1n) is 10.6. The van der Waals surface area contributed by atoms with Crippen LogP contribution in [-0.2, 0) is 11.3 Å². The van der Waals surface area contributed by atoms with Gasteiger partial charge >= 0.3 is 0 Å². The topological polar surface area (TPSA) is 42.3 Å². The van der Waals surface area contributed by atoms with Crippen LogP contribution in [0.5, 0.6) is 0 Å². The quantitative estimate of drug-likeness (QED) is 0.775. The predicted octanol–water partition coefficient (Wildman–Crippen LogP) is 3.98. The van der Waals surface area contributed by atoms with Gasteiger partial charge in [-0.2, -0.15) is 0 Å². The van der Waals surface area contributed by atoms with Gasteiger partial charge in [-0.1, -0.05) is 18.9 Å². The molecule has 2 aromatic heterocycles. The Morgan fingerprint density at radius 2 is 2.00 bits per heavy atom. The van der Waals surface area contributed by atoms with Gasteiger partial charge in [-0.15, -0.1) is 0 Å². The monoisotopic (exact) mass is 396 g/mol. The molecule has 0 spiro atoms. The van der Waals surface area contributed by atoms with E-state index in [1.54, 1.807) is 0 Å². The Kier molecular flexibility index (Phi) is 5.07. The van der Waals surface area contributed by atoms with Crippen molar-refractivity contribution in [3.63, 3.8) is 0 Å². The van der Waals surface area contributed by atoms with Gasteiger partial charge in [0.15, 0.2) is 5.11 Å². The van der Waals surface area contributed by atoms with E-state index in [1.165, 1.54) is 37.8 Å². The molecule has 2 aliphatic heterocycles. The summed E-state index contributed by atoms with van der Waals surface area (Å²) in [7, 11) is 0. The van der Waals surface area contributed by atoms with E-state index in [0.29, 0.717) is 12.1 Å². The van der Waals surface area contributed by atoms with Crippen molar-refractivity contribution in [2.45, 2.75) is 69.3 Å². The van der Waals surface area contributed by atoms with E-state index in [9.17, 15) is 0 Å². The van der Waals surface area contributed by atoms with Gasteiger partial charge in [0.1, 0.15) is 0 Å². The molecule has 148 valence electrons. The summed E-state index contributed by atoms with van der Waals surface area (Å²) in [6.07, 6.45) is 11.7. The number of nitrogens with zero attached hydrogens (tertiary/aromatic N) is 3. The highest BCUT2D eigenvalue weighted by atomic mass is 32.1. The van der Waals surface area contributed by atoms with Crippen LogP contribution in [0, 0.1) is 0 Å². The molecule has 0 amide bonds. The van der Waals surface area contributed by atoms with Crippen molar-refractivity contribution in [3.8, 4) is 0 Å². The fraction of sp³-hybridized carbons (Fsp3) is 0.545. The summed E-state index contributed by atoms with van der Waals surface area (Å²) in [5.74, 6) is 0. The molecule has 1 aliphatic carbocycles. The smallest absolute Gasteiger partial charge is 0.170 e. The minimum absolute atomic E-state index is 0.0763. The highest BCUT2D eigenvalue weighted by Gasteiger charge is 2.44. The van der Waals surface area contributed by atoms with E-state index >= 15 is 0 Å². The first kappa shape index (κ1) is 18.1. The largest absolute Gasteiger partial charge is 0.376 e. The standard InChI is InChI=1S/C22H28N4OS/c28-22-24-20(18-10-3-4-12-23-18)21(26(22)16-7-1-2-8-16)19-11-5-13-25(19)15-17-9-6-14-27-17/h3-5,10-13,16-17,20-21H,1-2,6-9,14-15H2,(H,24,28). The second kappa shape index (κ2) is 7.84. The molecule has 0 radical (unpaired) electrons. The number of hydrogen-bond acceptors (Lipinski definition) is 3. The van der Waals surface area contributed by atoms with Gasteiger partial charge in [0.25, 0.3) is 0 Å². The molecule has 3 atom stereocenters. The van der Waals surface area contributed by atoms with Crippen molar-refractivity contribution in [1.82, 2.24) is 19.8 Å². The summed E-state index contributed by atoms with van der Waals surface area (Å²) in [4.78, 5) is 7.14. The molecule has 1 N–H and O–H groups in total. The molecule has 3 unspecified atom stereocenters. The lowest BCUT2D eigenvalue weighted by Crippen LogP contribution is -2.38. The Bertz CT molecular complexity index is 811. The number of nitrogens with one attached hydrogen (secondary N) is 1. The van der Waals surface area contributed by atoms with Gasteiger partial charge in [-0.25, -0.2) is 0 Å². The Labute approximate surface area is 172 Å². The number of hydrogen-bond donors (Lipinski definition) is 1. The summed E-state index contributed by atoms with van der Waals surface area (Å²) in [5, 5.41) is 4.48. The minimum atomic E-state index is 0.0763. The van der Waals surface area contributed by atoms with Gasteiger partial charge in [-0.3, -0.25) is 4.98 Å². The molecule has 0 bridgehead atoms. The molecular weight excluding hydrogens is 368 g/mol. The van der Waals surface area contributed by atoms with E-state index in [4.69, 9.17) is 17.0 Å². The van der Waals surface area contributed by atoms with Crippen molar-refractivity contribution in [2.24, 2.45) is 0 Å². The number of ether oxygens (including phenoxy) is 1. The lowest BCUT2D eigenvalue weighted by molar-refractivity contribution is 0.0949. The van der Waals surface area contributed by atoms with Crippen LogP contribution < -0.4 is 5.32 Å². The fourth-order valence-electron chi connectivity index (χ4n) is 5.13. The third-order valence-corrected chi connectivity index (χ3v) is 6.77. The average molecular weight is 397 g/mol. The number of thiocarbonyl (C=S) groups is 1. The first-order chi connectivity index (χ1) is 13.8. The highest BCUT2D eigenvalue weighted by molar-refractivity contribution is 7.80. The van der Waals surface area contributed by atoms with Crippen molar-refractivity contribution in [1.29, 1.82) is 0 Å². The third-order valence-electron chi connectivity index (χ3n) is 6.45. The normalized spacial score (nSPS) is 28.2. The lowest BCUT2D eigenvalue weighted by Gasteiger charge is -2.33. The molecule has 3 aliphatic rings. The average Bonchev–Trinajstić information content (AvgIpc) is 3.50. The van der Waals surface area contributed by atoms with Crippen LogP contribution in [0.4, 0.5) is 0 Å². The highest BCUT2D eigenvalue weighted by Crippen LogP contribution is 2.43. The lowest BCUT2D eigenvalue weighted by atomic mass is 9.99. The second-order valence-electron chi connectivity index (χ2n) is 8.19. The number of pyridine rings is 1. The number of rotatable bonds is 5. The van der Waals surface area contributed by atoms with Gasteiger partial charge in [0, 0.05) is 37.3 Å². The maximum atomic E-state index is 5.91. The molecule has 2 aromatic rings. The number of aromatic nitrogens is 2. The van der Waals surface area contributed by atoms with E-state index < -0.39 is 0 Å². The Morgan fingerprint density at radius 3 is 2.75 bits per heavy atom.